The van der Waals surface area contributed by atoms with Crippen molar-refractivity contribution in [3.63, 3.8) is 0 Å². The van der Waals surface area contributed by atoms with Gasteiger partial charge >= 0.3 is 0 Å². The first-order chi connectivity index (χ1) is 7.84. The fourth-order valence-corrected chi connectivity index (χ4v) is 2.59. The van der Waals surface area contributed by atoms with E-state index in [-0.39, 0.29) is 0 Å². The third kappa shape index (κ3) is 6.15. The molecule has 0 unspecified atom stereocenters. The van der Waals surface area contributed by atoms with Crippen LogP contribution in [0.3, 0.4) is 0 Å². The van der Waals surface area contributed by atoms with E-state index in [9.17, 15) is 0 Å². The molecule has 0 saturated heterocycles. The van der Waals surface area contributed by atoms with E-state index in [1.165, 1.54) is 70.8 Å². The smallest absolute Gasteiger partial charge is 0.00922 e. The summed E-state index contributed by atoms with van der Waals surface area (Å²) in [5.41, 5.74) is 0. The van der Waals surface area contributed by atoms with E-state index in [1.54, 1.807) is 0 Å². The SMILES string of the molecule is CN(CCCCCCCCCS)C1CCC1. The van der Waals surface area contributed by atoms with Gasteiger partial charge in [-0.15, -0.1) is 0 Å². The van der Waals surface area contributed by atoms with Crippen molar-refractivity contribution in [2.45, 2.75) is 70.3 Å². The van der Waals surface area contributed by atoms with Crippen molar-refractivity contribution in [3.8, 4) is 0 Å². The lowest BCUT2D eigenvalue weighted by Crippen LogP contribution is -2.37. The van der Waals surface area contributed by atoms with E-state index in [1.807, 2.05) is 0 Å². The molecule has 0 heterocycles. The first-order valence-corrected chi connectivity index (χ1v) is 7.79. The molecule has 0 atom stereocenters. The van der Waals surface area contributed by atoms with Gasteiger partial charge in [0.05, 0.1) is 0 Å². The Kier molecular flexibility index (Phi) is 8.40. The lowest BCUT2D eigenvalue weighted by atomic mass is 9.92. The van der Waals surface area contributed by atoms with Crippen LogP contribution in [0.25, 0.3) is 0 Å². The van der Waals surface area contributed by atoms with E-state index in [2.05, 4.69) is 24.6 Å². The van der Waals surface area contributed by atoms with Gasteiger partial charge in [0.15, 0.2) is 0 Å². The molecule has 0 spiro atoms. The zero-order valence-electron chi connectivity index (χ0n) is 11.0. The zero-order valence-corrected chi connectivity index (χ0v) is 11.9. The molecule has 0 aromatic heterocycles. The first-order valence-electron chi connectivity index (χ1n) is 7.15. The lowest BCUT2D eigenvalue weighted by molar-refractivity contribution is 0.157. The summed E-state index contributed by atoms with van der Waals surface area (Å²) in [5.74, 6) is 1.06. The largest absolute Gasteiger partial charge is 0.303 e. The van der Waals surface area contributed by atoms with Gasteiger partial charge < -0.3 is 4.90 Å². The number of nitrogens with zero attached hydrogens (tertiary/aromatic N) is 1. The Morgan fingerprint density at radius 2 is 1.50 bits per heavy atom. The van der Waals surface area contributed by atoms with E-state index >= 15 is 0 Å². The predicted octanol–water partition coefficient (Wildman–Crippen LogP) is 4.13. The summed E-state index contributed by atoms with van der Waals surface area (Å²) >= 11 is 4.23. The molecule has 0 aromatic carbocycles. The van der Waals surface area contributed by atoms with Crippen molar-refractivity contribution in [3.05, 3.63) is 0 Å². The van der Waals surface area contributed by atoms with Crippen molar-refractivity contribution >= 4 is 12.6 Å². The second-order valence-corrected chi connectivity index (χ2v) is 5.71. The van der Waals surface area contributed by atoms with Crippen molar-refractivity contribution in [1.82, 2.24) is 4.90 Å². The minimum atomic E-state index is 0.926. The maximum Gasteiger partial charge on any atom is 0.00922 e. The molecule has 0 aliphatic heterocycles. The molecule has 1 aliphatic rings. The minimum Gasteiger partial charge on any atom is -0.303 e. The van der Waals surface area contributed by atoms with Crippen LogP contribution >= 0.6 is 12.6 Å². The fourth-order valence-electron chi connectivity index (χ4n) is 2.37. The molecular formula is C14H29NS. The van der Waals surface area contributed by atoms with Gasteiger partial charge in [0.1, 0.15) is 0 Å². The molecule has 2 heteroatoms. The maximum absolute atomic E-state index is 4.23. The Morgan fingerprint density at radius 3 is 2.00 bits per heavy atom. The fraction of sp³-hybridized carbons (Fsp3) is 1.00. The van der Waals surface area contributed by atoms with E-state index in [4.69, 9.17) is 0 Å². The van der Waals surface area contributed by atoms with Crippen molar-refractivity contribution in [2.75, 3.05) is 19.3 Å². The van der Waals surface area contributed by atoms with Crippen molar-refractivity contribution < 1.29 is 0 Å². The normalized spacial score (nSPS) is 16.7. The first kappa shape index (κ1) is 14.4. The molecule has 16 heavy (non-hydrogen) atoms. The average molecular weight is 243 g/mol. The number of hydrogen-bond acceptors (Lipinski definition) is 2. The van der Waals surface area contributed by atoms with Gasteiger partial charge in [-0.2, -0.15) is 12.6 Å². The highest BCUT2D eigenvalue weighted by molar-refractivity contribution is 7.80. The van der Waals surface area contributed by atoms with Crippen LogP contribution in [0.2, 0.25) is 0 Å². The number of rotatable bonds is 10. The van der Waals surface area contributed by atoms with E-state index in [0.717, 1.165) is 11.8 Å². The van der Waals surface area contributed by atoms with Gasteiger partial charge in [0, 0.05) is 6.04 Å². The maximum atomic E-state index is 4.23. The molecule has 1 rings (SSSR count). The molecule has 0 bridgehead atoms. The van der Waals surface area contributed by atoms with Crippen LogP contribution in [0.1, 0.15) is 64.2 Å². The Morgan fingerprint density at radius 1 is 0.938 bits per heavy atom. The summed E-state index contributed by atoms with van der Waals surface area (Å²) in [6.07, 6.45) is 14.1. The van der Waals surface area contributed by atoms with Crippen LogP contribution < -0.4 is 0 Å². The highest BCUT2D eigenvalue weighted by Gasteiger charge is 2.20. The van der Waals surface area contributed by atoms with E-state index < -0.39 is 0 Å². The van der Waals surface area contributed by atoms with Gasteiger partial charge in [0.2, 0.25) is 0 Å². The quantitative estimate of drug-likeness (QED) is 0.446. The lowest BCUT2D eigenvalue weighted by Gasteiger charge is -2.34. The van der Waals surface area contributed by atoms with Crippen molar-refractivity contribution in [2.24, 2.45) is 0 Å². The Labute approximate surface area is 107 Å². The molecule has 1 fully saturated rings. The minimum absolute atomic E-state index is 0.926. The Balaban J connectivity index is 1.77. The summed E-state index contributed by atoms with van der Waals surface area (Å²) in [5, 5.41) is 0. The summed E-state index contributed by atoms with van der Waals surface area (Å²) < 4.78 is 0. The van der Waals surface area contributed by atoms with E-state index in [0.29, 0.717) is 0 Å². The molecule has 96 valence electrons. The summed E-state index contributed by atoms with van der Waals surface area (Å²) in [6.45, 7) is 1.32. The summed E-state index contributed by atoms with van der Waals surface area (Å²) in [7, 11) is 2.30. The van der Waals surface area contributed by atoms with Gasteiger partial charge in [-0.05, 0) is 45.0 Å². The molecular weight excluding hydrogens is 214 g/mol. The summed E-state index contributed by atoms with van der Waals surface area (Å²) in [6, 6.07) is 0.926. The average Bonchev–Trinajstić information content (AvgIpc) is 2.19. The molecule has 1 aliphatic carbocycles. The van der Waals surface area contributed by atoms with Crippen LogP contribution in [0.4, 0.5) is 0 Å². The number of hydrogen-bond donors (Lipinski definition) is 1. The van der Waals surface area contributed by atoms with Gasteiger partial charge in [0.25, 0.3) is 0 Å². The number of unbranched alkanes of at least 4 members (excludes halogenated alkanes) is 6. The highest BCUT2D eigenvalue weighted by atomic mass is 32.1. The molecule has 1 nitrogen and oxygen atoms in total. The van der Waals surface area contributed by atoms with Crippen molar-refractivity contribution in [1.29, 1.82) is 0 Å². The molecule has 0 radical (unpaired) electrons. The number of thiol groups is 1. The third-order valence-electron chi connectivity index (χ3n) is 3.87. The van der Waals surface area contributed by atoms with Crippen LogP contribution in [-0.2, 0) is 0 Å². The second-order valence-electron chi connectivity index (χ2n) is 5.26. The zero-order chi connectivity index (χ0) is 11.6. The second kappa shape index (κ2) is 9.35. The predicted molar refractivity (Wildman–Crippen MR) is 76.4 cm³/mol. The van der Waals surface area contributed by atoms with Crippen LogP contribution in [-0.4, -0.2) is 30.3 Å². The monoisotopic (exact) mass is 243 g/mol. The van der Waals surface area contributed by atoms with Crippen LogP contribution in [0.15, 0.2) is 0 Å². The van der Waals surface area contributed by atoms with Crippen LogP contribution in [0, 0.1) is 0 Å². The highest BCUT2D eigenvalue weighted by Crippen LogP contribution is 2.23. The Hall–Kier alpha value is 0.310. The van der Waals surface area contributed by atoms with Gasteiger partial charge in [-0.25, -0.2) is 0 Å². The molecule has 0 aromatic rings. The van der Waals surface area contributed by atoms with Crippen LogP contribution in [0.5, 0.6) is 0 Å². The molecule has 0 N–H and O–H groups in total. The third-order valence-corrected chi connectivity index (χ3v) is 4.18. The Bertz CT molecular complexity index is 157. The van der Waals surface area contributed by atoms with Gasteiger partial charge in [-0.1, -0.05) is 38.5 Å². The summed E-state index contributed by atoms with van der Waals surface area (Å²) in [4.78, 5) is 2.57. The standard InChI is InChI=1S/C14H29NS/c1-15(14-10-9-11-14)12-7-5-3-2-4-6-8-13-16/h14,16H,2-13H2,1H3. The topological polar surface area (TPSA) is 3.24 Å². The van der Waals surface area contributed by atoms with Gasteiger partial charge in [-0.3, -0.25) is 0 Å². The molecule has 1 saturated carbocycles. The molecule has 0 amide bonds.